The molecule has 3 N–H and O–H groups in total. The molecule has 0 fully saturated rings. The van der Waals surface area contributed by atoms with E-state index in [1.807, 2.05) is 27.8 Å². The molecule has 1 rings (SSSR count). The lowest BCUT2D eigenvalue weighted by molar-refractivity contribution is -0.118. The molecule has 0 aliphatic rings. The van der Waals surface area contributed by atoms with Crippen molar-refractivity contribution in [1.82, 2.24) is 9.78 Å². The van der Waals surface area contributed by atoms with Gasteiger partial charge in [0.25, 0.3) is 0 Å². The molecule has 0 aliphatic heterocycles. The molecule has 0 aromatic carbocycles. The van der Waals surface area contributed by atoms with Crippen molar-refractivity contribution < 1.29 is 4.79 Å². The molecular weight excluding hydrogens is 204 g/mol. The summed E-state index contributed by atoms with van der Waals surface area (Å²) in [6.45, 7) is 5.85. The van der Waals surface area contributed by atoms with Crippen LogP contribution in [0.3, 0.4) is 0 Å². The molecule has 0 saturated carbocycles. The number of nitrogens with two attached hydrogens (primary N) is 1. The number of aryl methyl sites for hydroxylation is 2. The largest absolute Gasteiger partial charge is 0.322 e. The van der Waals surface area contributed by atoms with Crippen molar-refractivity contribution in [1.29, 1.82) is 0 Å². The van der Waals surface area contributed by atoms with Crippen molar-refractivity contribution in [2.24, 2.45) is 18.7 Å². The Morgan fingerprint density at radius 2 is 2.31 bits per heavy atom. The van der Waals surface area contributed by atoms with Crippen molar-refractivity contribution in [3.8, 4) is 0 Å². The molecular formula is C11H20N4O. The number of rotatable bonds is 4. The maximum atomic E-state index is 11.8. The van der Waals surface area contributed by atoms with Gasteiger partial charge in [-0.25, -0.2) is 0 Å². The Labute approximate surface area is 96.0 Å². The molecule has 0 saturated heterocycles. The molecule has 5 nitrogen and oxygen atoms in total. The van der Waals surface area contributed by atoms with Crippen LogP contribution in [0.15, 0.2) is 6.20 Å². The normalized spacial score (nSPS) is 14.6. The molecule has 1 heterocycles. The van der Waals surface area contributed by atoms with Crippen molar-refractivity contribution in [3.63, 3.8) is 0 Å². The van der Waals surface area contributed by atoms with Gasteiger partial charge >= 0.3 is 0 Å². The highest BCUT2D eigenvalue weighted by atomic mass is 16.2. The number of carbonyl (C=O) groups is 1. The maximum Gasteiger partial charge on any atom is 0.241 e. The maximum absolute atomic E-state index is 11.8. The minimum absolute atomic E-state index is 0.148. The molecule has 1 aromatic rings. The second-order valence-corrected chi connectivity index (χ2v) is 4.20. The van der Waals surface area contributed by atoms with Gasteiger partial charge in [-0.15, -0.1) is 0 Å². The minimum atomic E-state index is -0.468. The van der Waals surface area contributed by atoms with Crippen molar-refractivity contribution in [2.45, 2.75) is 33.2 Å². The SMILES string of the molecule is CCC(C)C(N)C(=O)Nc1cn(C)nc1C. The molecule has 0 bridgehead atoms. The first kappa shape index (κ1) is 12.7. The molecule has 2 unspecified atom stereocenters. The van der Waals surface area contributed by atoms with Gasteiger partial charge in [-0.05, 0) is 12.8 Å². The summed E-state index contributed by atoms with van der Waals surface area (Å²) < 4.78 is 1.67. The van der Waals surface area contributed by atoms with E-state index >= 15 is 0 Å². The first-order valence-electron chi connectivity index (χ1n) is 5.52. The fraction of sp³-hybridized carbons (Fsp3) is 0.636. The first-order chi connectivity index (χ1) is 7.45. The van der Waals surface area contributed by atoms with E-state index in [9.17, 15) is 4.79 Å². The van der Waals surface area contributed by atoms with Crippen molar-refractivity contribution in [2.75, 3.05) is 5.32 Å². The summed E-state index contributed by atoms with van der Waals surface area (Å²) in [5.74, 6) is 0.0300. The molecule has 1 amide bonds. The van der Waals surface area contributed by atoms with Crippen molar-refractivity contribution >= 4 is 11.6 Å². The quantitative estimate of drug-likeness (QED) is 0.802. The monoisotopic (exact) mass is 224 g/mol. The third kappa shape index (κ3) is 2.82. The number of carbonyl (C=O) groups excluding carboxylic acids is 1. The van der Waals surface area contributed by atoms with Crippen LogP contribution in [0.4, 0.5) is 5.69 Å². The number of nitrogens with zero attached hydrogens (tertiary/aromatic N) is 2. The number of aromatic nitrogens is 2. The van der Waals surface area contributed by atoms with E-state index in [-0.39, 0.29) is 11.8 Å². The molecule has 1 aromatic heterocycles. The number of nitrogens with one attached hydrogen (secondary N) is 1. The summed E-state index contributed by atoms with van der Waals surface area (Å²) in [6, 6.07) is -0.468. The Hall–Kier alpha value is -1.36. The van der Waals surface area contributed by atoms with Gasteiger partial charge in [0.05, 0.1) is 17.4 Å². The lowest BCUT2D eigenvalue weighted by atomic mass is 9.99. The van der Waals surface area contributed by atoms with Gasteiger partial charge in [-0.1, -0.05) is 20.3 Å². The fourth-order valence-corrected chi connectivity index (χ4v) is 1.45. The van der Waals surface area contributed by atoms with Gasteiger partial charge in [-0.2, -0.15) is 5.10 Å². The van der Waals surface area contributed by atoms with E-state index in [4.69, 9.17) is 5.73 Å². The Morgan fingerprint density at radius 1 is 1.69 bits per heavy atom. The Balaban J connectivity index is 2.67. The Morgan fingerprint density at radius 3 is 2.75 bits per heavy atom. The van der Waals surface area contributed by atoms with Gasteiger partial charge in [0.2, 0.25) is 5.91 Å². The molecule has 2 atom stereocenters. The summed E-state index contributed by atoms with van der Waals surface area (Å²) in [4.78, 5) is 11.8. The zero-order valence-electron chi connectivity index (χ0n) is 10.3. The zero-order valence-corrected chi connectivity index (χ0v) is 10.3. The van der Waals surface area contributed by atoms with Crippen LogP contribution in [0, 0.1) is 12.8 Å². The molecule has 0 spiro atoms. The number of hydrogen-bond acceptors (Lipinski definition) is 3. The Kier molecular flexibility index (Phi) is 4.06. The van der Waals surface area contributed by atoms with Crippen LogP contribution in [0.1, 0.15) is 26.0 Å². The van der Waals surface area contributed by atoms with E-state index in [1.54, 1.807) is 10.9 Å². The lowest BCUT2D eigenvalue weighted by Gasteiger charge is -2.17. The second-order valence-electron chi connectivity index (χ2n) is 4.20. The van der Waals surface area contributed by atoms with E-state index in [1.165, 1.54) is 0 Å². The summed E-state index contributed by atoms with van der Waals surface area (Å²) in [7, 11) is 1.82. The first-order valence-corrected chi connectivity index (χ1v) is 5.52. The molecule has 5 heteroatoms. The summed E-state index contributed by atoms with van der Waals surface area (Å²) >= 11 is 0. The average Bonchev–Trinajstić information content (AvgIpc) is 2.55. The van der Waals surface area contributed by atoms with Crippen LogP contribution >= 0.6 is 0 Å². The van der Waals surface area contributed by atoms with Crippen LogP contribution in [0.25, 0.3) is 0 Å². The highest BCUT2D eigenvalue weighted by Crippen LogP contribution is 2.13. The van der Waals surface area contributed by atoms with Gasteiger partial charge in [-0.3, -0.25) is 9.48 Å². The third-order valence-electron chi connectivity index (χ3n) is 2.83. The van der Waals surface area contributed by atoms with Crippen LogP contribution < -0.4 is 11.1 Å². The van der Waals surface area contributed by atoms with Gasteiger partial charge in [0.1, 0.15) is 0 Å². The van der Waals surface area contributed by atoms with Crippen LogP contribution in [0.2, 0.25) is 0 Å². The zero-order chi connectivity index (χ0) is 12.3. The van der Waals surface area contributed by atoms with E-state index in [0.717, 1.165) is 17.8 Å². The van der Waals surface area contributed by atoms with E-state index in [2.05, 4.69) is 10.4 Å². The third-order valence-corrected chi connectivity index (χ3v) is 2.83. The standard InChI is InChI=1S/C11H20N4O/c1-5-7(2)10(12)11(16)13-9-6-15(4)14-8(9)3/h6-7,10H,5,12H2,1-4H3,(H,13,16). The molecule has 0 radical (unpaired) electrons. The second kappa shape index (κ2) is 5.12. The highest BCUT2D eigenvalue weighted by molar-refractivity contribution is 5.95. The summed E-state index contributed by atoms with van der Waals surface area (Å²) in [5, 5.41) is 6.95. The summed E-state index contributed by atoms with van der Waals surface area (Å²) in [6.07, 6.45) is 2.66. The van der Waals surface area contributed by atoms with Crippen LogP contribution in [-0.4, -0.2) is 21.7 Å². The van der Waals surface area contributed by atoms with Gasteiger partial charge < -0.3 is 11.1 Å². The van der Waals surface area contributed by atoms with Gasteiger partial charge in [0.15, 0.2) is 0 Å². The Bertz CT molecular complexity index is 372. The number of hydrogen-bond donors (Lipinski definition) is 2. The summed E-state index contributed by atoms with van der Waals surface area (Å²) in [5.41, 5.74) is 7.36. The van der Waals surface area contributed by atoms with Crippen molar-refractivity contribution in [3.05, 3.63) is 11.9 Å². The highest BCUT2D eigenvalue weighted by Gasteiger charge is 2.20. The molecule has 90 valence electrons. The number of amides is 1. The van der Waals surface area contributed by atoms with Crippen LogP contribution in [-0.2, 0) is 11.8 Å². The number of anilines is 1. The molecule has 16 heavy (non-hydrogen) atoms. The predicted octanol–water partition coefficient (Wildman–Crippen LogP) is 1.04. The van der Waals surface area contributed by atoms with Gasteiger partial charge in [0, 0.05) is 13.2 Å². The van der Waals surface area contributed by atoms with Crippen LogP contribution in [0.5, 0.6) is 0 Å². The average molecular weight is 224 g/mol. The minimum Gasteiger partial charge on any atom is -0.322 e. The lowest BCUT2D eigenvalue weighted by Crippen LogP contribution is -2.40. The van der Waals surface area contributed by atoms with E-state index < -0.39 is 6.04 Å². The topological polar surface area (TPSA) is 72.9 Å². The predicted molar refractivity (Wildman–Crippen MR) is 64.0 cm³/mol. The smallest absolute Gasteiger partial charge is 0.241 e. The fourth-order valence-electron chi connectivity index (χ4n) is 1.45. The van der Waals surface area contributed by atoms with E-state index in [0.29, 0.717) is 0 Å². The molecule has 0 aliphatic carbocycles.